The maximum Gasteiger partial charge on any atom is 0.163 e. The minimum absolute atomic E-state index is 0.393. The third kappa shape index (κ3) is 2.73. The number of hydrogen-bond acceptors (Lipinski definition) is 5. The van der Waals surface area contributed by atoms with Gasteiger partial charge in [-0.05, 0) is 19.0 Å². The smallest absolute Gasteiger partial charge is 0.163 e. The van der Waals surface area contributed by atoms with Crippen LogP contribution in [0.2, 0.25) is 0 Å². The number of piperazine rings is 1. The molecule has 2 aromatic heterocycles. The predicted octanol–water partition coefficient (Wildman–Crippen LogP) is 1.73. The monoisotopic (exact) mass is 322 g/mol. The quantitative estimate of drug-likeness (QED) is 0.735. The molecule has 3 aromatic rings. The number of hydrogen-bond donors (Lipinski definition) is 0. The van der Waals surface area contributed by atoms with Crippen LogP contribution in [0, 0.1) is 0 Å². The van der Waals surface area contributed by atoms with Crippen LogP contribution in [0.1, 0.15) is 5.56 Å². The summed E-state index contributed by atoms with van der Waals surface area (Å²) < 4.78 is 1.81. The van der Waals surface area contributed by atoms with Crippen molar-refractivity contribution >= 4 is 16.9 Å². The van der Waals surface area contributed by atoms with Crippen molar-refractivity contribution in [3.05, 3.63) is 48.4 Å². The minimum atomic E-state index is 0.393. The summed E-state index contributed by atoms with van der Waals surface area (Å²) in [6.45, 7) is 3.03. The lowest BCUT2D eigenvalue weighted by atomic mass is 10.0. The lowest BCUT2D eigenvalue weighted by Gasteiger charge is -2.41. The van der Waals surface area contributed by atoms with Crippen molar-refractivity contribution in [2.45, 2.75) is 12.5 Å². The van der Waals surface area contributed by atoms with E-state index in [-0.39, 0.29) is 0 Å². The summed E-state index contributed by atoms with van der Waals surface area (Å²) in [5.74, 6) is 1.00. The van der Waals surface area contributed by atoms with Crippen molar-refractivity contribution in [3.8, 4) is 0 Å². The minimum Gasteiger partial charge on any atom is -0.350 e. The van der Waals surface area contributed by atoms with Crippen molar-refractivity contribution in [3.63, 3.8) is 0 Å². The van der Waals surface area contributed by atoms with E-state index < -0.39 is 0 Å². The van der Waals surface area contributed by atoms with Crippen molar-refractivity contribution in [2.24, 2.45) is 7.05 Å². The number of nitrogens with zero attached hydrogens (tertiary/aromatic N) is 6. The molecule has 0 aliphatic carbocycles. The molecule has 0 amide bonds. The summed E-state index contributed by atoms with van der Waals surface area (Å²) >= 11 is 0. The van der Waals surface area contributed by atoms with Gasteiger partial charge in [-0.3, -0.25) is 4.68 Å². The summed E-state index contributed by atoms with van der Waals surface area (Å²) in [5.41, 5.74) is 2.25. The molecule has 0 radical (unpaired) electrons. The van der Waals surface area contributed by atoms with Gasteiger partial charge in [-0.1, -0.05) is 30.3 Å². The highest BCUT2D eigenvalue weighted by Gasteiger charge is 2.28. The van der Waals surface area contributed by atoms with Gasteiger partial charge in [-0.2, -0.15) is 5.10 Å². The Morgan fingerprint density at radius 3 is 2.75 bits per heavy atom. The second-order valence-electron chi connectivity index (χ2n) is 6.50. The van der Waals surface area contributed by atoms with E-state index in [4.69, 9.17) is 0 Å². The molecule has 6 nitrogen and oxygen atoms in total. The van der Waals surface area contributed by atoms with Gasteiger partial charge in [0.2, 0.25) is 0 Å². The molecule has 1 aliphatic rings. The molecular weight excluding hydrogens is 300 g/mol. The molecule has 1 fully saturated rings. The van der Waals surface area contributed by atoms with Gasteiger partial charge in [0.15, 0.2) is 5.65 Å². The zero-order valence-electron chi connectivity index (χ0n) is 14.1. The SMILES string of the molecule is CN1CCN(c2ncnc3c2cnn3C)[C@@H](Cc2ccccc2)C1. The molecule has 0 spiro atoms. The first-order valence-electron chi connectivity index (χ1n) is 8.34. The predicted molar refractivity (Wildman–Crippen MR) is 95.1 cm³/mol. The first-order chi connectivity index (χ1) is 11.7. The highest BCUT2D eigenvalue weighted by molar-refractivity contribution is 5.86. The Morgan fingerprint density at radius 1 is 1.08 bits per heavy atom. The molecule has 0 unspecified atom stereocenters. The molecular formula is C18H22N6. The van der Waals surface area contributed by atoms with Crippen molar-refractivity contribution in [2.75, 3.05) is 31.6 Å². The highest BCUT2D eigenvalue weighted by Crippen LogP contribution is 2.27. The van der Waals surface area contributed by atoms with Gasteiger partial charge in [0, 0.05) is 32.7 Å². The molecule has 4 rings (SSSR count). The molecule has 1 aliphatic heterocycles. The third-order valence-electron chi connectivity index (χ3n) is 4.78. The number of aryl methyl sites for hydroxylation is 1. The van der Waals surface area contributed by atoms with Gasteiger partial charge in [0.05, 0.1) is 11.6 Å². The summed E-state index contributed by atoms with van der Waals surface area (Å²) in [6, 6.07) is 11.1. The van der Waals surface area contributed by atoms with Crippen LogP contribution in [0.5, 0.6) is 0 Å². The maximum absolute atomic E-state index is 4.60. The van der Waals surface area contributed by atoms with E-state index in [1.54, 1.807) is 6.33 Å². The average Bonchev–Trinajstić information content (AvgIpc) is 2.98. The Labute approximate surface area is 141 Å². The van der Waals surface area contributed by atoms with Crippen LogP contribution in [0.3, 0.4) is 0 Å². The highest BCUT2D eigenvalue weighted by atomic mass is 15.3. The zero-order chi connectivity index (χ0) is 16.5. The van der Waals surface area contributed by atoms with E-state index in [0.717, 1.165) is 42.9 Å². The third-order valence-corrected chi connectivity index (χ3v) is 4.78. The standard InChI is InChI=1S/C18H22N6/c1-22-8-9-24(15(12-22)10-14-6-4-3-5-7-14)18-16-11-21-23(2)17(16)19-13-20-18/h3-7,11,13,15H,8-10,12H2,1-2H3/t15-/m0/s1. The molecule has 3 heterocycles. The van der Waals surface area contributed by atoms with Crippen molar-refractivity contribution in [1.82, 2.24) is 24.6 Å². The molecule has 0 N–H and O–H groups in total. The molecule has 1 aromatic carbocycles. The van der Waals surface area contributed by atoms with Crippen molar-refractivity contribution in [1.29, 1.82) is 0 Å². The molecule has 1 saturated heterocycles. The number of anilines is 1. The molecule has 1 atom stereocenters. The van der Waals surface area contributed by atoms with Crippen LogP contribution >= 0.6 is 0 Å². The number of benzene rings is 1. The molecule has 124 valence electrons. The normalized spacial score (nSPS) is 19.1. The van der Waals surface area contributed by atoms with Crippen LogP contribution in [0.15, 0.2) is 42.9 Å². The lowest BCUT2D eigenvalue weighted by Crippen LogP contribution is -2.53. The van der Waals surface area contributed by atoms with Gasteiger partial charge >= 0.3 is 0 Å². The first-order valence-corrected chi connectivity index (χ1v) is 8.34. The number of fused-ring (bicyclic) bond motifs is 1. The Hall–Kier alpha value is -2.47. The van der Waals surface area contributed by atoms with E-state index in [1.807, 2.05) is 17.9 Å². The van der Waals surface area contributed by atoms with Gasteiger partial charge in [0.1, 0.15) is 12.1 Å². The van der Waals surface area contributed by atoms with Gasteiger partial charge in [0.25, 0.3) is 0 Å². The number of likely N-dealkylation sites (N-methyl/N-ethyl adjacent to an activating group) is 1. The van der Waals surface area contributed by atoms with Crippen LogP contribution in [-0.4, -0.2) is 57.4 Å². The fourth-order valence-electron chi connectivity index (χ4n) is 3.53. The largest absolute Gasteiger partial charge is 0.350 e. The van der Waals surface area contributed by atoms with Gasteiger partial charge in [-0.25, -0.2) is 9.97 Å². The van der Waals surface area contributed by atoms with E-state index in [0.29, 0.717) is 6.04 Å². The van der Waals surface area contributed by atoms with E-state index >= 15 is 0 Å². The average molecular weight is 322 g/mol. The number of rotatable bonds is 3. The Morgan fingerprint density at radius 2 is 1.92 bits per heavy atom. The Balaban J connectivity index is 1.70. The topological polar surface area (TPSA) is 50.1 Å². The summed E-state index contributed by atoms with van der Waals surface area (Å²) in [7, 11) is 4.11. The fraction of sp³-hybridized carbons (Fsp3) is 0.389. The second kappa shape index (κ2) is 6.20. The molecule has 0 bridgehead atoms. The Kier molecular flexibility index (Phi) is 3.90. The van der Waals surface area contributed by atoms with Crippen molar-refractivity contribution < 1.29 is 0 Å². The molecule has 6 heteroatoms. The zero-order valence-corrected chi connectivity index (χ0v) is 14.1. The fourth-order valence-corrected chi connectivity index (χ4v) is 3.53. The van der Waals surface area contributed by atoms with E-state index in [9.17, 15) is 0 Å². The van der Waals surface area contributed by atoms with E-state index in [1.165, 1.54) is 5.56 Å². The van der Waals surface area contributed by atoms with Gasteiger partial charge < -0.3 is 9.80 Å². The first kappa shape index (κ1) is 15.1. The summed E-state index contributed by atoms with van der Waals surface area (Å²) in [5, 5.41) is 5.38. The second-order valence-corrected chi connectivity index (χ2v) is 6.50. The van der Waals surface area contributed by atoms with Crippen LogP contribution in [0.4, 0.5) is 5.82 Å². The number of aromatic nitrogens is 4. The lowest BCUT2D eigenvalue weighted by molar-refractivity contribution is 0.265. The van der Waals surface area contributed by atoms with Crippen LogP contribution in [0.25, 0.3) is 11.0 Å². The molecule has 24 heavy (non-hydrogen) atoms. The maximum atomic E-state index is 4.60. The summed E-state index contributed by atoms with van der Waals surface area (Å²) in [4.78, 5) is 13.8. The van der Waals surface area contributed by atoms with Crippen LogP contribution in [-0.2, 0) is 13.5 Å². The summed E-state index contributed by atoms with van der Waals surface area (Å²) in [6.07, 6.45) is 4.54. The Bertz CT molecular complexity index is 828. The van der Waals surface area contributed by atoms with Crippen LogP contribution < -0.4 is 4.90 Å². The molecule has 0 saturated carbocycles. The van der Waals surface area contributed by atoms with Gasteiger partial charge in [-0.15, -0.1) is 0 Å². The van der Waals surface area contributed by atoms with E-state index in [2.05, 4.69) is 62.2 Å².